The van der Waals surface area contributed by atoms with Crippen molar-refractivity contribution >= 4 is 21.6 Å². The molecule has 4 unspecified atom stereocenters. The van der Waals surface area contributed by atoms with Crippen molar-refractivity contribution in [1.82, 2.24) is 16.0 Å². The monoisotopic (exact) mass is 375 g/mol. The summed E-state index contributed by atoms with van der Waals surface area (Å²) in [6.45, 7) is 4.31. The van der Waals surface area contributed by atoms with Crippen LogP contribution in [0.4, 0.5) is 0 Å². The largest absolute Gasteiger partial charge is 0.310 e. The average Bonchev–Trinajstić information content (AvgIpc) is 3.07. The number of hydrogen-bond acceptors (Lipinski definition) is 6. The van der Waals surface area contributed by atoms with Gasteiger partial charge in [0.05, 0.1) is 11.4 Å². The van der Waals surface area contributed by atoms with E-state index in [0.29, 0.717) is 24.2 Å². The molecule has 0 bridgehead atoms. The highest BCUT2D eigenvalue weighted by atomic mass is 32.2. The van der Waals surface area contributed by atoms with E-state index in [1.807, 2.05) is 0 Å². The molecule has 140 valence electrons. The summed E-state index contributed by atoms with van der Waals surface area (Å²) in [6.07, 6.45) is 8.11. The van der Waals surface area contributed by atoms with Gasteiger partial charge in [-0.25, -0.2) is 8.42 Å². The molecule has 1 saturated carbocycles. The first kappa shape index (κ1) is 19.0. The fourth-order valence-corrected chi connectivity index (χ4v) is 6.84. The van der Waals surface area contributed by atoms with E-state index in [4.69, 9.17) is 0 Å². The van der Waals surface area contributed by atoms with E-state index in [0.717, 1.165) is 44.0 Å². The highest BCUT2D eigenvalue weighted by Crippen LogP contribution is 2.32. The molecule has 4 atom stereocenters. The number of hydrogen-bond donors (Lipinski definition) is 3. The molecule has 3 fully saturated rings. The summed E-state index contributed by atoms with van der Waals surface area (Å²) in [6, 6.07) is 0.886. The number of sulfone groups is 1. The van der Waals surface area contributed by atoms with E-state index in [-0.39, 0.29) is 5.25 Å². The van der Waals surface area contributed by atoms with Crippen LogP contribution in [0.2, 0.25) is 0 Å². The van der Waals surface area contributed by atoms with Gasteiger partial charge < -0.3 is 5.32 Å². The average molecular weight is 376 g/mol. The molecule has 3 N–H and O–H groups in total. The Morgan fingerprint density at radius 3 is 2.54 bits per heavy atom. The molecule has 0 aromatic carbocycles. The van der Waals surface area contributed by atoms with Crippen LogP contribution in [0.5, 0.6) is 0 Å². The van der Waals surface area contributed by atoms with Gasteiger partial charge in [-0.2, -0.15) is 11.8 Å². The lowest BCUT2D eigenvalue weighted by Crippen LogP contribution is -2.66. The number of piperazine rings is 1. The lowest BCUT2D eigenvalue weighted by Gasteiger charge is -2.43. The summed E-state index contributed by atoms with van der Waals surface area (Å²) in [5, 5.41) is 11.8. The summed E-state index contributed by atoms with van der Waals surface area (Å²) < 4.78 is 23.5. The summed E-state index contributed by atoms with van der Waals surface area (Å²) >= 11 is 2.10. The van der Waals surface area contributed by atoms with E-state index >= 15 is 0 Å². The van der Waals surface area contributed by atoms with E-state index < -0.39 is 9.84 Å². The van der Waals surface area contributed by atoms with Crippen molar-refractivity contribution in [2.24, 2.45) is 5.92 Å². The molecular formula is C17H33N3O2S2. The van der Waals surface area contributed by atoms with E-state index in [1.165, 1.54) is 24.9 Å². The van der Waals surface area contributed by atoms with Crippen LogP contribution in [-0.2, 0) is 9.84 Å². The molecule has 0 radical (unpaired) electrons. The lowest BCUT2D eigenvalue weighted by atomic mass is 9.80. The Balaban J connectivity index is 1.49. The second-order valence-electron chi connectivity index (χ2n) is 7.85. The van der Waals surface area contributed by atoms with Gasteiger partial charge in [-0.05, 0) is 57.1 Å². The number of rotatable bonds is 5. The molecule has 2 aliphatic heterocycles. The van der Waals surface area contributed by atoms with Crippen molar-refractivity contribution in [3.05, 3.63) is 0 Å². The quantitative estimate of drug-likeness (QED) is 0.674. The third kappa shape index (κ3) is 4.87. The molecule has 3 aliphatic rings. The molecular weight excluding hydrogens is 342 g/mol. The van der Waals surface area contributed by atoms with Gasteiger partial charge in [0.15, 0.2) is 0 Å². The van der Waals surface area contributed by atoms with Gasteiger partial charge in [-0.1, -0.05) is 0 Å². The fourth-order valence-electron chi connectivity index (χ4n) is 4.50. The minimum atomic E-state index is -2.87. The second-order valence-corrected chi connectivity index (χ2v) is 11.6. The van der Waals surface area contributed by atoms with Crippen LogP contribution in [0.3, 0.4) is 0 Å². The second kappa shape index (κ2) is 8.25. The third-order valence-corrected chi connectivity index (χ3v) is 9.10. The zero-order valence-corrected chi connectivity index (χ0v) is 16.6. The third-order valence-electron chi connectivity index (χ3n) is 6.02. The molecule has 0 spiro atoms. The van der Waals surface area contributed by atoms with Crippen molar-refractivity contribution in [1.29, 1.82) is 0 Å². The molecule has 0 aromatic heterocycles. The minimum Gasteiger partial charge on any atom is -0.310 e. The van der Waals surface area contributed by atoms with Gasteiger partial charge in [0.1, 0.15) is 9.84 Å². The number of thioether (sulfide) groups is 1. The summed E-state index contributed by atoms with van der Waals surface area (Å²) in [5.41, 5.74) is 0. The maximum atomic E-state index is 11.8. The van der Waals surface area contributed by atoms with Gasteiger partial charge in [-0.15, -0.1) is 0 Å². The van der Waals surface area contributed by atoms with Crippen LogP contribution < -0.4 is 16.0 Å². The Labute approximate surface area is 151 Å². The van der Waals surface area contributed by atoms with E-state index in [9.17, 15) is 8.42 Å². The first-order valence-corrected chi connectivity index (χ1v) is 12.5. The first-order valence-electron chi connectivity index (χ1n) is 9.47. The van der Waals surface area contributed by atoms with Gasteiger partial charge in [-0.3, -0.25) is 10.6 Å². The molecule has 2 saturated heterocycles. The zero-order chi connectivity index (χ0) is 17.2. The summed E-state index contributed by atoms with van der Waals surface area (Å²) in [5.74, 6) is 1.89. The van der Waals surface area contributed by atoms with Crippen molar-refractivity contribution in [3.63, 3.8) is 0 Å². The van der Waals surface area contributed by atoms with E-state index in [2.05, 4.69) is 34.6 Å². The van der Waals surface area contributed by atoms with Crippen molar-refractivity contribution in [2.75, 3.05) is 25.1 Å². The van der Waals surface area contributed by atoms with Crippen LogP contribution in [0, 0.1) is 5.92 Å². The fraction of sp³-hybridized carbons (Fsp3) is 1.00. The van der Waals surface area contributed by atoms with Crippen LogP contribution in [0.25, 0.3) is 0 Å². The molecule has 7 heteroatoms. The van der Waals surface area contributed by atoms with Crippen LogP contribution in [0.15, 0.2) is 0 Å². The lowest BCUT2D eigenvalue weighted by molar-refractivity contribution is 0.166. The van der Waals surface area contributed by atoms with Crippen LogP contribution in [0.1, 0.15) is 45.4 Å². The first-order chi connectivity index (χ1) is 11.4. The SMILES string of the molecule is CC1NCC(NCC2CCCS2)NC1C1CCC(S(C)(=O)=O)CC1. The Morgan fingerprint density at radius 2 is 1.92 bits per heavy atom. The van der Waals surface area contributed by atoms with Gasteiger partial charge in [0, 0.05) is 36.7 Å². The van der Waals surface area contributed by atoms with Crippen molar-refractivity contribution < 1.29 is 8.42 Å². The maximum Gasteiger partial charge on any atom is 0.150 e. The Kier molecular flexibility index (Phi) is 6.52. The Bertz CT molecular complexity index is 500. The molecule has 0 amide bonds. The molecule has 3 rings (SSSR count). The van der Waals surface area contributed by atoms with Gasteiger partial charge >= 0.3 is 0 Å². The predicted octanol–water partition coefficient (Wildman–Crippen LogP) is 1.35. The Morgan fingerprint density at radius 1 is 1.17 bits per heavy atom. The molecule has 0 aromatic rings. The smallest absolute Gasteiger partial charge is 0.150 e. The maximum absolute atomic E-state index is 11.8. The topological polar surface area (TPSA) is 70.2 Å². The predicted molar refractivity (Wildman–Crippen MR) is 102 cm³/mol. The Hall–Kier alpha value is 0.180. The van der Waals surface area contributed by atoms with Crippen molar-refractivity contribution in [2.45, 2.75) is 74.2 Å². The molecule has 1 aliphatic carbocycles. The van der Waals surface area contributed by atoms with Crippen LogP contribution >= 0.6 is 11.8 Å². The highest BCUT2D eigenvalue weighted by Gasteiger charge is 2.36. The minimum absolute atomic E-state index is 0.117. The molecule has 2 heterocycles. The molecule has 24 heavy (non-hydrogen) atoms. The van der Waals surface area contributed by atoms with E-state index in [1.54, 1.807) is 0 Å². The van der Waals surface area contributed by atoms with Gasteiger partial charge in [0.2, 0.25) is 0 Å². The van der Waals surface area contributed by atoms with Gasteiger partial charge in [0.25, 0.3) is 0 Å². The van der Waals surface area contributed by atoms with Crippen molar-refractivity contribution in [3.8, 4) is 0 Å². The number of nitrogens with one attached hydrogen (secondary N) is 3. The van der Waals surface area contributed by atoms with Crippen LogP contribution in [-0.4, -0.2) is 62.3 Å². The normalized spacial score (nSPS) is 41.4. The highest BCUT2D eigenvalue weighted by molar-refractivity contribution is 8.00. The summed E-state index contributed by atoms with van der Waals surface area (Å²) in [4.78, 5) is 0. The molecule has 5 nitrogen and oxygen atoms in total. The summed E-state index contributed by atoms with van der Waals surface area (Å²) in [7, 11) is -2.87. The zero-order valence-electron chi connectivity index (χ0n) is 15.0. The standard InChI is InChI=1S/C17H33N3O2S2/c1-12-17(13-5-7-15(8-6-13)24(2,21)22)20-16(11-18-12)19-10-14-4-3-9-23-14/h12-20H,3-11H2,1-2H3.